The van der Waals surface area contributed by atoms with Gasteiger partial charge in [0.1, 0.15) is 5.75 Å². The van der Waals surface area contributed by atoms with Crippen molar-refractivity contribution < 1.29 is 9.90 Å². The Morgan fingerprint density at radius 1 is 1.10 bits per heavy atom. The molecule has 0 aliphatic rings. The van der Waals surface area contributed by atoms with Gasteiger partial charge in [0.2, 0.25) is 0 Å². The molecule has 0 aliphatic carbocycles. The number of hydrogen-bond donors (Lipinski definition) is 2. The zero-order valence-corrected chi connectivity index (χ0v) is 12.7. The number of nitrogens with one attached hydrogen (secondary N) is 1. The van der Waals surface area contributed by atoms with Crippen molar-refractivity contribution in [3.8, 4) is 5.75 Å². The highest BCUT2D eigenvalue weighted by molar-refractivity contribution is 6.42. The first kappa shape index (κ1) is 15.6. The predicted octanol–water partition coefficient (Wildman–Crippen LogP) is 4.12. The molecule has 0 aliphatic heterocycles. The van der Waals surface area contributed by atoms with Gasteiger partial charge in [-0.05, 0) is 35.9 Å². The molecule has 0 fully saturated rings. The van der Waals surface area contributed by atoms with E-state index in [2.05, 4.69) is 10.5 Å². The molecule has 4 nitrogen and oxygen atoms in total. The number of hydrogen-bond acceptors (Lipinski definition) is 3. The summed E-state index contributed by atoms with van der Waals surface area (Å²) in [6.45, 7) is 0. The number of carbonyl (C=O) groups is 1. The molecule has 1 amide bonds. The van der Waals surface area contributed by atoms with E-state index in [0.717, 1.165) is 0 Å². The molecular weight excluding hydrogens is 335 g/mol. The lowest BCUT2D eigenvalue weighted by molar-refractivity contribution is 0.0952. The van der Waals surface area contributed by atoms with Crippen LogP contribution in [0.25, 0.3) is 0 Å². The number of halogens is 3. The molecule has 0 saturated heterocycles. The monoisotopic (exact) mass is 342 g/mol. The number of hydrazone groups is 1. The third kappa shape index (κ3) is 4.11. The zero-order chi connectivity index (χ0) is 15.4. The summed E-state index contributed by atoms with van der Waals surface area (Å²) in [6.07, 6.45) is 1.40. The molecule has 7 heteroatoms. The largest absolute Gasteiger partial charge is 0.507 e. The third-order valence-corrected chi connectivity index (χ3v) is 3.50. The van der Waals surface area contributed by atoms with Gasteiger partial charge in [-0.25, -0.2) is 5.43 Å². The van der Waals surface area contributed by atoms with Crippen LogP contribution in [0.15, 0.2) is 41.5 Å². The van der Waals surface area contributed by atoms with Crippen LogP contribution in [-0.2, 0) is 0 Å². The van der Waals surface area contributed by atoms with Crippen molar-refractivity contribution >= 4 is 46.9 Å². The lowest BCUT2D eigenvalue weighted by Crippen LogP contribution is -2.17. The second kappa shape index (κ2) is 6.80. The maximum atomic E-state index is 11.8. The number of amides is 1. The Labute approximate surface area is 135 Å². The molecule has 0 aromatic heterocycles. The summed E-state index contributed by atoms with van der Waals surface area (Å²) >= 11 is 17.4. The van der Waals surface area contributed by atoms with Crippen LogP contribution in [0, 0.1) is 0 Å². The second-order valence-electron chi connectivity index (χ2n) is 4.03. The van der Waals surface area contributed by atoms with Crippen LogP contribution in [-0.4, -0.2) is 17.2 Å². The molecule has 108 valence electrons. The van der Waals surface area contributed by atoms with Crippen molar-refractivity contribution in [2.45, 2.75) is 0 Å². The Morgan fingerprint density at radius 2 is 1.86 bits per heavy atom. The quantitative estimate of drug-likeness (QED) is 0.650. The van der Waals surface area contributed by atoms with Gasteiger partial charge in [0.15, 0.2) is 0 Å². The smallest absolute Gasteiger partial charge is 0.275 e. The van der Waals surface area contributed by atoms with Crippen LogP contribution in [0.1, 0.15) is 15.9 Å². The fraction of sp³-hybridized carbons (Fsp3) is 0. The number of phenols is 1. The molecule has 0 heterocycles. The fourth-order valence-electron chi connectivity index (χ4n) is 1.51. The maximum Gasteiger partial charge on any atom is 0.275 e. The van der Waals surface area contributed by atoms with E-state index in [4.69, 9.17) is 34.8 Å². The average Bonchev–Trinajstić information content (AvgIpc) is 2.45. The third-order valence-electron chi connectivity index (χ3n) is 2.53. The summed E-state index contributed by atoms with van der Waals surface area (Å²) < 4.78 is 0. The van der Waals surface area contributed by atoms with Crippen LogP contribution in [0.3, 0.4) is 0 Å². The first-order valence-corrected chi connectivity index (χ1v) is 6.88. The van der Waals surface area contributed by atoms with E-state index in [9.17, 15) is 9.90 Å². The SMILES string of the molecule is O=C(NN=Cc1ccc(Cl)c(Cl)c1)c1cc(Cl)ccc1O. The Kier molecular flexibility index (Phi) is 5.07. The molecule has 0 radical (unpaired) electrons. The van der Waals surface area contributed by atoms with Crippen molar-refractivity contribution in [3.63, 3.8) is 0 Å². The minimum absolute atomic E-state index is 0.0359. The van der Waals surface area contributed by atoms with Gasteiger partial charge in [-0.15, -0.1) is 0 Å². The Morgan fingerprint density at radius 3 is 2.57 bits per heavy atom. The Balaban J connectivity index is 2.08. The first-order valence-electron chi connectivity index (χ1n) is 5.74. The van der Waals surface area contributed by atoms with Gasteiger partial charge in [-0.3, -0.25) is 4.79 Å². The molecule has 0 atom stereocenters. The van der Waals surface area contributed by atoms with Crippen molar-refractivity contribution in [2.75, 3.05) is 0 Å². The molecule has 0 unspecified atom stereocenters. The van der Waals surface area contributed by atoms with Gasteiger partial charge in [0.05, 0.1) is 21.8 Å². The number of phenolic OH excluding ortho intramolecular Hbond substituents is 1. The number of benzene rings is 2. The molecule has 2 aromatic carbocycles. The van der Waals surface area contributed by atoms with Crippen LogP contribution < -0.4 is 5.43 Å². The molecule has 2 N–H and O–H groups in total. The highest BCUT2D eigenvalue weighted by Crippen LogP contribution is 2.22. The highest BCUT2D eigenvalue weighted by Gasteiger charge is 2.10. The minimum Gasteiger partial charge on any atom is -0.507 e. The molecule has 0 bridgehead atoms. The lowest BCUT2D eigenvalue weighted by Gasteiger charge is -2.03. The van der Waals surface area contributed by atoms with Crippen molar-refractivity contribution in [2.24, 2.45) is 5.10 Å². The maximum absolute atomic E-state index is 11.8. The minimum atomic E-state index is -0.577. The molecular formula is C14H9Cl3N2O2. The highest BCUT2D eigenvalue weighted by atomic mass is 35.5. The lowest BCUT2D eigenvalue weighted by atomic mass is 10.2. The molecule has 0 saturated carbocycles. The van der Waals surface area contributed by atoms with E-state index in [0.29, 0.717) is 20.6 Å². The van der Waals surface area contributed by atoms with E-state index in [1.54, 1.807) is 18.2 Å². The van der Waals surface area contributed by atoms with Gasteiger partial charge in [-0.1, -0.05) is 40.9 Å². The first-order chi connectivity index (χ1) is 9.97. The molecule has 0 spiro atoms. The van der Waals surface area contributed by atoms with E-state index in [1.807, 2.05) is 0 Å². The van der Waals surface area contributed by atoms with Gasteiger partial charge in [0.25, 0.3) is 5.91 Å². The van der Waals surface area contributed by atoms with E-state index >= 15 is 0 Å². The zero-order valence-electron chi connectivity index (χ0n) is 10.5. The van der Waals surface area contributed by atoms with Gasteiger partial charge < -0.3 is 5.11 Å². The summed E-state index contributed by atoms with van der Waals surface area (Å²) in [7, 11) is 0. The van der Waals surface area contributed by atoms with Gasteiger partial charge in [-0.2, -0.15) is 5.10 Å². The van der Waals surface area contributed by atoms with Crippen LogP contribution in [0.2, 0.25) is 15.1 Å². The molecule has 2 rings (SSSR count). The number of rotatable bonds is 3. The summed E-state index contributed by atoms with van der Waals surface area (Å²) in [5.74, 6) is -0.757. The number of aromatic hydroxyl groups is 1. The summed E-state index contributed by atoms with van der Waals surface area (Å²) in [4.78, 5) is 11.8. The standard InChI is InChI=1S/C14H9Cl3N2O2/c15-9-2-4-13(20)10(6-9)14(21)19-18-7-8-1-3-11(16)12(17)5-8/h1-7,20H,(H,19,21). The van der Waals surface area contributed by atoms with Crippen LogP contribution >= 0.6 is 34.8 Å². The summed E-state index contributed by atoms with van der Waals surface area (Å²) in [5.41, 5.74) is 2.99. The normalized spacial score (nSPS) is 10.8. The second-order valence-corrected chi connectivity index (χ2v) is 5.28. The van der Waals surface area contributed by atoms with Crippen LogP contribution in [0.5, 0.6) is 5.75 Å². The van der Waals surface area contributed by atoms with Crippen LogP contribution in [0.4, 0.5) is 0 Å². The molecule has 2 aromatic rings. The van der Waals surface area contributed by atoms with Gasteiger partial charge in [0, 0.05) is 5.02 Å². The topological polar surface area (TPSA) is 61.7 Å². The van der Waals surface area contributed by atoms with E-state index in [-0.39, 0.29) is 11.3 Å². The van der Waals surface area contributed by atoms with E-state index in [1.165, 1.54) is 24.4 Å². The Hall–Kier alpha value is -1.75. The summed E-state index contributed by atoms with van der Waals surface area (Å²) in [5, 5.41) is 14.5. The van der Waals surface area contributed by atoms with Crippen molar-refractivity contribution in [1.29, 1.82) is 0 Å². The predicted molar refractivity (Wildman–Crippen MR) is 84.6 cm³/mol. The Bertz CT molecular complexity index is 717. The van der Waals surface area contributed by atoms with Crippen molar-refractivity contribution in [1.82, 2.24) is 5.43 Å². The van der Waals surface area contributed by atoms with Crippen molar-refractivity contribution in [3.05, 3.63) is 62.6 Å². The number of nitrogens with zero attached hydrogens (tertiary/aromatic N) is 1. The number of carbonyl (C=O) groups excluding carboxylic acids is 1. The van der Waals surface area contributed by atoms with E-state index < -0.39 is 5.91 Å². The fourth-order valence-corrected chi connectivity index (χ4v) is 1.99. The van der Waals surface area contributed by atoms with Gasteiger partial charge >= 0.3 is 0 Å². The average molecular weight is 344 g/mol. The summed E-state index contributed by atoms with van der Waals surface area (Å²) in [6, 6.07) is 9.08. The molecule has 21 heavy (non-hydrogen) atoms.